The fraction of sp³-hybridized carbons (Fsp3) is 0.235. The van der Waals surface area contributed by atoms with Crippen LogP contribution in [-0.4, -0.2) is 18.9 Å². The van der Waals surface area contributed by atoms with Crippen molar-refractivity contribution in [1.29, 1.82) is 0 Å². The van der Waals surface area contributed by atoms with Crippen molar-refractivity contribution in [2.24, 2.45) is 4.99 Å². The van der Waals surface area contributed by atoms with E-state index in [0.29, 0.717) is 6.61 Å². The molecule has 0 spiro atoms. The van der Waals surface area contributed by atoms with Gasteiger partial charge in [0.05, 0.1) is 0 Å². The largest absolute Gasteiger partial charge is 0.489 e. The van der Waals surface area contributed by atoms with Crippen LogP contribution in [0.3, 0.4) is 0 Å². The van der Waals surface area contributed by atoms with Gasteiger partial charge < -0.3 is 10.1 Å². The Morgan fingerprint density at radius 1 is 1.14 bits per heavy atom. The molecule has 4 heteroatoms. The number of hydrogen-bond acceptors (Lipinski definition) is 3. The lowest BCUT2D eigenvalue weighted by molar-refractivity contribution is 0.306. The molecular weight excluding hydrogens is 284 g/mol. The summed E-state index contributed by atoms with van der Waals surface area (Å²) in [5, 5.41) is 4.05. The van der Waals surface area contributed by atoms with Crippen LogP contribution < -0.4 is 10.1 Å². The van der Waals surface area contributed by atoms with Crippen LogP contribution in [0.15, 0.2) is 53.5 Å². The zero-order valence-corrected chi connectivity index (χ0v) is 12.4. The summed E-state index contributed by atoms with van der Waals surface area (Å²) < 4.78 is 5.84. The Hall–Kier alpha value is -2.00. The molecule has 1 aliphatic rings. The number of nitrogens with zero attached hydrogens (tertiary/aromatic N) is 1. The number of amidine groups is 1. The van der Waals surface area contributed by atoms with Crippen molar-refractivity contribution in [3.63, 3.8) is 0 Å². The third kappa shape index (κ3) is 3.56. The number of halogens is 1. The normalized spacial score (nSPS) is 14.2. The molecule has 0 bridgehead atoms. The van der Waals surface area contributed by atoms with Crippen LogP contribution in [0, 0.1) is 0 Å². The van der Waals surface area contributed by atoms with E-state index >= 15 is 0 Å². The summed E-state index contributed by atoms with van der Waals surface area (Å²) in [6, 6.07) is 15.7. The van der Waals surface area contributed by atoms with Gasteiger partial charge in [0.2, 0.25) is 0 Å². The van der Waals surface area contributed by atoms with Crippen molar-refractivity contribution in [3.8, 4) is 5.75 Å². The number of rotatable bonds is 4. The van der Waals surface area contributed by atoms with E-state index < -0.39 is 0 Å². The van der Waals surface area contributed by atoms with Gasteiger partial charge in [-0.2, -0.15) is 0 Å². The molecule has 0 amide bonds. The summed E-state index contributed by atoms with van der Waals surface area (Å²) in [4.78, 5) is 4.50. The van der Waals surface area contributed by atoms with Crippen LogP contribution in [0.25, 0.3) is 0 Å². The van der Waals surface area contributed by atoms with Crippen molar-refractivity contribution in [1.82, 2.24) is 5.32 Å². The highest BCUT2D eigenvalue weighted by Crippen LogP contribution is 2.19. The maximum absolute atomic E-state index is 6.13. The van der Waals surface area contributed by atoms with Gasteiger partial charge in [-0.05, 0) is 24.6 Å². The summed E-state index contributed by atoms with van der Waals surface area (Å²) in [7, 11) is 0. The van der Waals surface area contributed by atoms with E-state index in [1.807, 2.05) is 48.5 Å². The summed E-state index contributed by atoms with van der Waals surface area (Å²) in [5.74, 6) is 1.77. The fourth-order valence-electron chi connectivity index (χ4n) is 2.24. The van der Waals surface area contributed by atoms with Crippen LogP contribution in [-0.2, 0) is 6.61 Å². The molecular formula is C17H17ClN2O. The standard InChI is InChI=1S/C17H17ClN2O/c18-16-8-2-1-5-14(16)12-21-15-7-3-6-13(11-15)17-19-9-4-10-20-17/h1-3,5-8,11H,4,9-10,12H2,(H,19,20). The molecule has 2 aromatic rings. The van der Waals surface area contributed by atoms with E-state index in [1.165, 1.54) is 0 Å². The minimum absolute atomic E-state index is 0.461. The first kappa shape index (κ1) is 14.0. The van der Waals surface area contributed by atoms with Crippen molar-refractivity contribution >= 4 is 17.4 Å². The van der Waals surface area contributed by atoms with Crippen LogP contribution >= 0.6 is 11.6 Å². The third-order valence-corrected chi connectivity index (χ3v) is 3.73. The minimum atomic E-state index is 0.461. The molecule has 0 unspecified atom stereocenters. The molecule has 0 aromatic heterocycles. The second-order valence-electron chi connectivity index (χ2n) is 4.92. The van der Waals surface area contributed by atoms with Gasteiger partial charge in [-0.15, -0.1) is 0 Å². The number of hydrogen-bond donors (Lipinski definition) is 1. The first-order chi connectivity index (χ1) is 10.3. The summed E-state index contributed by atoms with van der Waals surface area (Å²) >= 11 is 6.13. The molecule has 21 heavy (non-hydrogen) atoms. The molecule has 3 nitrogen and oxygen atoms in total. The van der Waals surface area contributed by atoms with E-state index in [4.69, 9.17) is 16.3 Å². The van der Waals surface area contributed by atoms with E-state index in [1.54, 1.807) is 0 Å². The van der Waals surface area contributed by atoms with Gasteiger partial charge in [-0.3, -0.25) is 4.99 Å². The highest BCUT2D eigenvalue weighted by atomic mass is 35.5. The van der Waals surface area contributed by atoms with Crippen LogP contribution in [0.2, 0.25) is 5.02 Å². The first-order valence-electron chi connectivity index (χ1n) is 7.08. The van der Waals surface area contributed by atoms with E-state index in [2.05, 4.69) is 10.3 Å². The zero-order valence-electron chi connectivity index (χ0n) is 11.7. The molecule has 0 saturated carbocycles. The SMILES string of the molecule is Clc1ccccc1COc1cccc(C2=NCCCN2)c1. The highest BCUT2D eigenvalue weighted by molar-refractivity contribution is 6.31. The Bertz CT molecular complexity index is 655. The number of ether oxygens (including phenoxy) is 1. The van der Waals surface area contributed by atoms with Crippen molar-refractivity contribution in [2.75, 3.05) is 13.1 Å². The maximum Gasteiger partial charge on any atom is 0.128 e. The van der Waals surface area contributed by atoms with Crippen molar-refractivity contribution < 1.29 is 4.74 Å². The molecule has 0 atom stereocenters. The Labute approximate surface area is 129 Å². The van der Waals surface area contributed by atoms with E-state index in [-0.39, 0.29) is 0 Å². The minimum Gasteiger partial charge on any atom is -0.489 e. The van der Waals surface area contributed by atoms with Gasteiger partial charge in [0.1, 0.15) is 18.2 Å². The molecule has 0 saturated heterocycles. The fourth-order valence-corrected chi connectivity index (χ4v) is 2.43. The summed E-state index contributed by atoms with van der Waals surface area (Å²) in [6.07, 6.45) is 1.09. The van der Waals surface area contributed by atoms with Crippen molar-refractivity contribution in [3.05, 3.63) is 64.7 Å². The second-order valence-corrected chi connectivity index (χ2v) is 5.33. The maximum atomic E-state index is 6.13. The Morgan fingerprint density at radius 2 is 2.05 bits per heavy atom. The predicted octanol–water partition coefficient (Wildman–Crippen LogP) is 3.66. The van der Waals surface area contributed by atoms with Crippen molar-refractivity contribution in [2.45, 2.75) is 13.0 Å². The van der Waals surface area contributed by atoms with E-state index in [0.717, 1.165) is 47.2 Å². The number of nitrogens with one attached hydrogen (secondary N) is 1. The number of benzene rings is 2. The van der Waals surface area contributed by atoms with Crippen LogP contribution in [0.5, 0.6) is 5.75 Å². The van der Waals surface area contributed by atoms with Gasteiger partial charge in [0, 0.05) is 29.2 Å². The monoisotopic (exact) mass is 300 g/mol. The zero-order chi connectivity index (χ0) is 14.5. The second kappa shape index (κ2) is 6.64. The molecule has 108 valence electrons. The molecule has 0 aliphatic carbocycles. The molecule has 2 aromatic carbocycles. The Kier molecular flexibility index (Phi) is 4.41. The number of aliphatic imine (C=N–C) groups is 1. The molecule has 0 radical (unpaired) electrons. The predicted molar refractivity (Wildman–Crippen MR) is 86.2 cm³/mol. The molecule has 1 N–H and O–H groups in total. The lowest BCUT2D eigenvalue weighted by Gasteiger charge is -2.15. The van der Waals surface area contributed by atoms with Crippen LogP contribution in [0.4, 0.5) is 0 Å². The van der Waals surface area contributed by atoms with Gasteiger partial charge in [0.25, 0.3) is 0 Å². The quantitative estimate of drug-likeness (QED) is 0.935. The van der Waals surface area contributed by atoms with Gasteiger partial charge >= 0.3 is 0 Å². The highest BCUT2D eigenvalue weighted by Gasteiger charge is 2.08. The summed E-state index contributed by atoms with van der Waals surface area (Å²) in [5.41, 5.74) is 2.05. The molecule has 1 aliphatic heterocycles. The average molecular weight is 301 g/mol. The van der Waals surface area contributed by atoms with Crippen LogP contribution in [0.1, 0.15) is 17.5 Å². The average Bonchev–Trinajstić information content (AvgIpc) is 2.55. The third-order valence-electron chi connectivity index (χ3n) is 3.36. The first-order valence-corrected chi connectivity index (χ1v) is 7.46. The lowest BCUT2D eigenvalue weighted by Crippen LogP contribution is -2.30. The van der Waals surface area contributed by atoms with Gasteiger partial charge in [-0.1, -0.05) is 41.9 Å². The van der Waals surface area contributed by atoms with Gasteiger partial charge in [0.15, 0.2) is 0 Å². The Balaban J connectivity index is 1.72. The molecule has 3 rings (SSSR count). The topological polar surface area (TPSA) is 33.6 Å². The Morgan fingerprint density at radius 3 is 2.86 bits per heavy atom. The lowest BCUT2D eigenvalue weighted by atomic mass is 10.1. The molecule has 0 fully saturated rings. The van der Waals surface area contributed by atoms with Gasteiger partial charge in [-0.25, -0.2) is 0 Å². The summed E-state index contributed by atoms with van der Waals surface area (Å²) in [6.45, 7) is 2.32. The smallest absolute Gasteiger partial charge is 0.128 e. The molecule has 1 heterocycles. The van der Waals surface area contributed by atoms with E-state index in [9.17, 15) is 0 Å².